The van der Waals surface area contributed by atoms with Gasteiger partial charge in [-0.1, -0.05) is 12.2 Å². The van der Waals surface area contributed by atoms with E-state index < -0.39 is 10.8 Å². The largest absolute Gasteiger partial charge is 0.469 e. The molecule has 0 unspecified atom stereocenters. The number of allylic oxidation sites excluding steroid dienone is 4. The van der Waals surface area contributed by atoms with Crippen molar-refractivity contribution in [1.82, 2.24) is 0 Å². The molecule has 0 saturated heterocycles. The number of carbonyl (C=O) groups is 4. The number of esters is 2. The van der Waals surface area contributed by atoms with Crippen molar-refractivity contribution >= 4 is 23.5 Å². The summed E-state index contributed by atoms with van der Waals surface area (Å²) in [6.07, 6.45) is 7.13. The first kappa shape index (κ1) is 15.7. The normalized spacial score (nSPS) is 59.5. The van der Waals surface area contributed by atoms with Crippen molar-refractivity contribution in [3.05, 3.63) is 24.3 Å². The second kappa shape index (κ2) is 4.19. The molecule has 0 aromatic heterocycles. The Morgan fingerprint density at radius 2 is 1.14 bits per heavy atom. The third-order valence-electron chi connectivity index (χ3n) is 9.99. The van der Waals surface area contributed by atoms with E-state index in [1.807, 2.05) is 12.2 Å². The molecule has 0 heterocycles. The van der Waals surface area contributed by atoms with Gasteiger partial charge >= 0.3 is 11.9 Å². The Balaban J connectivity index is 1.56. The van der Waals surface area contributed by atoms with E-state index in [4.69, 9.17) is 9.47 Å². The van der Waals surface area contributed by atoms with E-state index in [0.29, 0.717) is 0 Å². The molecule has 8 aliphatic rings. The van der Waals surface area contributed by atoms with Crippen LogP contribution in [0.25, 0.3) is 0 Å². The summed E-state index contributed by atoms with van der Waals surface area (Å²) in [4.78, 5) is 52.6. The Morgan fingerprint density at radius 3 is 1.50 bits per heavy atom. The summed E-state index contributed by atoms with van der Waals surface area (Å²) < 4.78 is 10.7. The fraction of sp³-hybridized carbons (Fsp3) is 0.636. The molecule has 6 fully saturated rings. The maximum absolute atomic E-state index is 13.5. The smallest absolute Gasteiger partial charge is 0.313 e. The Labute approximate surface area is 161 Å². The lowest BCUT2D eigenvalue weighted by Gasteiger charge is -2.56. The molecule has 28 heavy (non-hydrogen) atoms. The zero-order chi connectivity index (χ0) is 19.3. The zero-order valence-corrected chi connectivity index (χ0v) is 15.5. The first-order valence-electron chi connectivity index (χ1n) is 10.1. The summed E-state index contributed by atoms with van der Waals surface area (Å²) in [6, 6.07) is 0. The maximum atomic E-state index is 13.5. The lowest BCUT2D eigenvalue weighted by molar-refractivity contribution is -0.206. The summed E-state index contributed by atoms with van der Waals surface area (Å²) in [7, 11) is 2.73. The van der Waals surface area contributed by atoms with E-state index >= 15 is 0 Å². The van der Waals surface area contributed by atoms with Gasteiger partial charge in [-0.05, 0) is 59.5 Å². The number of ketones is 2. The Kier molecular flexibility index (Phi) is 2.34. The summed E-state index contributed by atoms with van der Waals surface area (Å²) in [5.41, 5.74) is -2.09. The SMILES string of the molecule is COC(=O)[C@]12[C@@H]3[C@H]4C(=O)C=C[C@H]4[C@H]4[C@H]3[C@H]3[C@@H]1[C@H]1C=CC(=O)[C@@H]1[C@@H]3[C@]42C(=O)OC. The number of ether oxygens (including phenoxy) is 2. The summed E-state index contributed by atoms with van der Waals surface area (Å²) in [6.45, 7) is 0. The predicted octanol–water partition coefficient (Wildman–Crippen LogP) is 0.813. The van der Waals surface area contributed by atoms with Crippen molar-refractivity contribution in [2.24, 2.45) is 70.0 Å². The maximum Gasteiger partial charge on any atom is 0.313 e. The van der Waals surface area contributed by atoms with Gasteiger partial charge in [0.2, 0.25) is 0 Å². The highest BCUT2D eigenvalue weighted by Gasteiger charge is 3.01. The lowest BCUT2D eigenvalue weighted by Crippen LogP contribution is -2.66. The Bertz CT molecular complexity index is 900. The molecule has 0 amide bonds. The zero-order valence-electron chi connectivity index (χ0n) is 15.5. The van der Waals surface area contributed by atoms with Gasteiger partial charge in [-0.2, -0.15) is 0 Å². The number of carbonyl (C=O) groups excluding carboxylic acids is 4. The number of rotatable bonds is 2. The van der Waals surface area contributed by atoms with Gasteiger partial charge in [0.05, 0.1) is 25.0 Å². The first-order valence-corrected chi connectivity index (χ1v) is 10.1. The number of hydrogen-bond donors (Lipinski definition) is 0. The van der Waals surface area contributed by atoms with Crippen molar-refractivity contribution in [3.8, 4) is 0 Å². The third kappa shape index (κ3) is 1.04. The predicted molar refractivity (Wildman–Crippen MR) is 92.1 cm³/mol. The van der Waals surface area contributed by atoms with Crippen molar-refractivity contribution in [2.75, 3.05) is 14.2 Å². The third-order valence-corrected chi connectivity index (χ3v) is 9.99. The van der Waals surface area contributed by atoms with Crippen LogP contribution in [0.2, 0.25) is 0 Å². The molecule has 12 atom stereocenters. The number of fused-ring (bicyclic) bond motifs is 2. The molecule has 6 heteroatoms. The molecule has 0 aromatic carbocycles. The molecule has 8 rings (SSSR count). The van der Waals surface area contributed by atoms with Gasteiger partial charge in [-0.3, -0.25) is 19.2 Å². The molecule has 6 nitrogen and oxygen atoms in total. The van der Waals surface area contributed by atoms with Crippen LogP contribution in [-0.4, -0.2) is 37.7 Å². The molecule has 6 saturated carbocycles. The van der Waals surface area contributed by atoms with E-state index in [9.17, 15) is 19.2 Å². The quantitative estimate of drug-likeness (QED) is 0.659. The number of methoxy groups -OCH3 is 2. The van der Waals surface area contributed by atoms with E-state index in [0.717, 1.165) is 0 Å². The van der Waals surface area contributed by atoms with Crippen LogP contribution in [0.15, 0.2) is 24.3 Å². The molecule has 8 aliphatic carbocycles. The van der Waals surface area contributed by atoms with Crippen LogP contribution in [0.1, 0.15) is 0 Å². The Morgan fingerprint density at radius 1 is 0.750 bits per heavy atom. The van der Waals surface area contributed by atoms with E-state index in [-0.39, 0.29) is 82.7 Å². The molecular formula is C22H20O6. The monoisotopic (exact) mass is 380 g/mol. The molecule has 0 spiro atoms. The van der Waals surface area contributed by atoms with Crippen LogP contribution in [0.4, 0.5) is 0 Å². The fourth-order valence-corrected chi connectivity index (χ4v) is 10.3. The average molecular weight is 380 g/mol. The first-order chi connectivity index (χ1) is 13.5. The molecule has 144 valence electrons. The van der Waals surface area contributed by atoms with Crippen LogP contribution in [0.3, 0.4) is 0 Å². The summed E-state index contributed by atoms with van der Waals surface area (Å²) in [5, 5.41) is 0. The van der Waals surface area contributed by atoms with Crippen molar-refractivity contribution in [1.29, 1.82) is 0 Å². The molecular weight excluding hydrogens is 360 g/mol. The van der Waals surface area contributed by atoms with Crippen molar-refractivity contribution in [2.45, 2.75) is 0 Å². The highest BCUT2D eigenvalue weighted by atomic mass is 16.5. The van der Waals surface area contributed by atoms with Crippen LogP contribution in [-0.2, 0) is 28.7 Å². The van der Waals surface area contributed by atoms with E-state index in [1.54, 1.807) is 12.2 Å². The van der Waals surface area contributed by atoms with Crippen molar-refractivity contribution in [3.63, 3.8) is 0 Å². The molecule has 8 bridgehead atoms. The summed E-state index contributed by atoms with van der Waals surface area (Å²) in [5.74, 6) is -1.53. The topological polar surface area (TPSA) is 86.7 Å². The van der Waals surface area contributed by atoms with Gasteiger partial charge in [0.1, 0.15) is 0 Å². The number of hydrogen-bond acceptors (Lipinski definition) is 6. The van der Waals surface area contributed by atoms with Gasteiger partial charge in [0.15, 0.2) is 11.6 Å². The van der Waals surface area contributed by atoms with Gasteiger partial charge in [-0.15, -0.1) is 0 Å². The second-order valence-electron chi connectivity index (χ2n) is 9.71. The average Bonchev–Trinajstić information content (AvgIpc) is 3.49. The highest BCUT2D eigenvalue weighted by Crippen LogP contribution is 2.96. The Hall–Kier alpha value is -2.24. The minimum atomic E-state index is -1.04. The minimum Gasteiger partial charge on any atom is -0.469 e. The van der Waals surface area contributed by atoms with Crippen molar-refractivity contribution < 1.29 is 28.7 Å². The van der Waals surface area contributed by atoms with Crippen LogP contribution in [0.5, 0.6) is 0 Å². The van der Waals surface area contributed by atoms with Crippen LogP contribution < -0.4 is 0 Å². The second-order valence-corrected chi connectivity index (χ2v) is 9.71. The van der Waals surface area contributed by atoms with E-state index in [1.165, 1.54) is 14.2 Å². The van der Waals surface area contributed by atoms with Crippen LogP contribution in [0, 0.1) is 70.0 Å². The molecule has 0 N–H and O–H groups in total. The van der Waals surface area contributed by atoms with Gasteiger partial charge in [-0.25, -0.2) is 0 Å². The lowest BCUT2D eigenvalue weighted by atomic mass is 9.43. The van der Waals surface area contributed by atoms with Gasteiger partial charge in [0, 0.05) is 11.8 Å². The molecule has 0 aromatic rings. The fourth-order valence-electron chi connectivity index (χ4n) is 10.3. The molecule has 0 radical (unpaired) electrons. The molecule has 0 aliphatic heterocycles. The highest BCUT2D eigenvalue weighted by molar-refractivity contribution is 6.03. The van der Waals surface area contributed by atoms with E-state index in [2.05, 4.69) is 0 Å². The van der Waals surface area contributed by atoms with Crippen LogP contribution >= 0.6 is 0 Å². The van der Waals surface area contributed by atoms with Gasteiger partial charge in [0.25, 0.3) is 0 Å². The minimum absolute atomic E-state index is 0.0335. The van der Waals surface area contributed by atoms with Gasteiger partial charge < -0.3 is 9.47 Å². The summed E-state index contributed by atoms with van der Waals surface area (Å²) >= 11 is 0. The standard InChI is InChI=1S/C22H20O6/c1-27-19(25)21-15-7-3-5-10(24)12(7)18-13(15)14-16(22(18,21)20(26)28-2)8-4-6-9(23)11(8)17(14)21/h3-8,11-18H,1-2H3/t7-,8+,11-,12-,13-,14+,15+,16+,17+,18-,21+,22-/m1/s1.